The highest BCUT2D eigenvalue weighted by atomic mass is 16.5. The molecule has 1 rings (SSSR count). The first kappa shape index (κ1) is 20.9. The number of carbonyl (C=O) groups is 1. The summed E-state index contributed by atoms with van der Waals surface area (Å²) in [6, 6.07) is 6.98. The third kappa shape index (κ3) is 7.98. The van der Waals surface area contributed by atoms with Gasteiger partial charge in [0.2, 0.25) is 0 Å². The molecule has 1 aromatic carbocycles. The van der Waals surface area contributed by atoms with Crippen LogP contribution >= 0.6 is 0 Å². The lowest BCUT2D eigenvalue weighted by atomic mass is 10.0. The summed E-state index contributed by atoms with van der Waals surface area (Å²) >= 11 is 0. The second kappa shape index (κ2) is 12.2. The summed E-state index contributed by atoms with van der Waals surface area (Å²) in [4.78, 5) is 11.3. The van der Waals surface area contributed by atoms with Crippen molar-refractivity contribution in [3.63, 3.8) is 0 Å². The summed E-state index contributed by atoms with van der Waals surface area (Å²) in [7, 11) is 1.54. The van der Waals surface area contributed by atoms with Gasteiger partial charge in [0.25, 0.3) is 0 Å². The van der Waals surface area contributed by atoms with Gasteiger partial charge >= 0.3 is 5.97 Å². The van der Waals surface area contributed by atoms with Gasteiger partial charge < -0.3 is 24.4 Å². The summed E-state index contributed by atoms with van der Waals surface area (Å²) in [5.41, 5.74) is 0.706. The molecule has 6 nitrogen and oxygen atoms in total. The van der Waals surface area contributed by atoms with E-state index >= 15 is 0 Å². The van der Waals surface area contributed by atoms with Gasteiger partial charge in [0.15, 0.2) is 0 Å². The van der Waals surface area contributed by atoms with E-state index in [9.17, 15) is 9.90 Å². The maximum atomic E-state index is 11.3. The zero-order chi connectivity index (χ0) is 18.5. The van der Waals surface area contributed by atoms with E-state index in [2.05, 4.69) is 6.58 Å². The number of esters is 1. The predicted molar refractivity (Wildman–Crippen MR) is 94.3 cm³/mol. The van der Waals surface area contributed by atoms with Gasteiger partial charge in [-0.05, 0) is 30.5 Å². The van der Waals surface area contributed by atoms with E-state index < -0.39 is 18.2 Å². The highest BCUT2D eigenvalue weighted by Crippen LogP contribution is 2.24. The fourth-order valence-corrected chi connectivity index (χ4v) is 2.17. The fraction of sp³-hybridized carbons (Fsp3) is 0.421. The normalized spacial score (nSPS) is 13.4. The average molecular weight is 350 g/mol. The molecule has 2 N–H and O–H groups in total. The molecule has 0 saturated heterocycles. The first-order chi connectivity index (χ1) is 12.1. The highest BCUT2D eigenvalue weighted by molar-refractivity contribution is 5.81. The van der Waals surface area contributed by atoms with Crippen LogP contribution in [0.4, 0.5) is 0 Å². The summed E-state index contributed by atoms with van der Waals surface area (Å²) in [5, 5.41) is 19.2. The van der Waals surface area contributed by atoms with Crippen molar-refractivity contribution in [3.05, 3.63) is 54.6 Å². The molecule has 0 heterocycles. The lowest BCUT2D eigenvalue weighted by Crippen LogP contribution is -2.20. The van der Waals surface area contributed by atoms with Crippen LogP contribution in [0.25, 0.3) is 0 Å². The van der Waals surface area contributed by atoms with Crippen molar-refractivity contribution in [1.29, 1.82) is 0 Å². The van der Waals surface area contributed by atoms with Gasteiger partial charge in [-0.3, -0.25) is 0 Å². The molecule has 25 heavy (non-hydrogen) atoms. The Hall–Kier alpha value is -2.15. The number of hydrogen-bond acceptors (Lipinski definition) is 6. The first-order valence-electron chi connectivity index (χ1n) is 8.11. The SMILES string of the molecule is C=CCOC(=O)/C=C/CC[C@H](OC)[C@@H](O)c1ccc(OCCO)cc1. The molecule has 6 heteroatoms. The van der Waals surface area contributed by atoms with Crippen LogP contribution in [0.3, 0.4) is 0 Å². The van der Waals surface area contributed by atoms with Crippen molar-refractivity contribution in [2.75, 3.05) is 26.9 Å². The second-order valence-electron chi connectivity index (χ2n) is 5.26. The minimum Gasteiger partial charge on any atom is -0.491 e. The van der Waals surface area contributed by atoms with E-state index in [1.165, 1.54) is 19.3 Å². The van der Waals surface area contributed by atoms with Gasteiger partial charge in [0.05, 0.1) is 12.7 Å². The molecular formula is C19H26O6. The first-order valence-corrected chi connectivity index (χ1v) is 8.11. The minimum atomic E-state index is -0.794. The van der Waals surface area contributed by atoms with Crippen molar-refractivity contribution < 1.29 is 29.2 Å². The van der Waals surface area contributed by atoms with Gasteiger partial charge in [-0.15, -0.1) is 0 Å². The molecule has 0 aromatic heterocycles. The zero-order valence-corrected chi connectivity index (χ0v) is 14.5. The van der Waals surface area contributed by atoms with E-state index in [0.717, 1.165) is 0 Å². The monoisotopic (exact) mass is 350 g/mol. The van der Waals surface area contributed by atoms with Crippen molar-refractivity contribution in [2.45, 2.75) is 25.0 Å². The summed E-state index contributed by atoms with van der Waals surface area (Å²) < 4.78 is 15.5. The topological polar surface area (TPSA) is 85.2 Å². The Balaban J connectivity index is 2.50. The lowest BCUT2D eigenvalue weighted by molar-refractivity contribution is -0.136. The van der Waals surface area contributed by atoms with E-state index in [1.807, 2.05) is 0 Å². The molecule has 0 aliphatic rings. The van der Waals surface area contributed by atoms with Crippen LogP contribution in [0.15, 0.2) is 49.1 Å². The number of ether oxygens (including phenoxy) is 3. The molecule has 0 spiro atoms. The Labute approximate surface area is 148 Å². The van der Waals surface area contributed by atoms with Crippen LogP contribution in [-0.2, 0) is 14.3 Å². The number of rotatable bonds is 12. The summed E-state index contributed by atoms with van der Waals surface area (Å²) in [5.74, 6) is 0.202. The van der Waals surface area contributed by atoms with Crippen molar-refractivity contribution in [2.24, 2.45) is 0 Å². The molecule has 0 bridgehead atoms. The van der Waals surface area contributed by atoms with Gasteiger partial charge in [0.1, 0.15) is 25.1 Å². The van der Waals surface area contributed by atoms with Gasteiger partial charge in [0, 0.05) is 13.2 Å². The van der Waals surface area contributed by atoms with Crippen molar-refractivity contribution in [1.82, 2.24) is 0 Å². The zero-order valence-electron chi connectivity index (χ0n) is 14.5. The van der Waals surface area contributed by atoms with E-state index in [1.54, 1.807) is 30.3 Å². The van der Waals surface area contributed by atoms with Gasteiger partial charge in [-0.1, -0.05) is 30.9 Å². The summed E-state index contributed by atoms with van der Waals surface area (Å²) in [6.45, 7) is 3.82. The average Bonchev–Trinajstić information content (AvgIpc) is 2.64. The number of aliphatic hydroxyl groups is 2. The van der Waals surface area contributed by atoms with Crippen molar-refractivity contribution >= 4 is 5.97 Å². The van der Waals surface area contributed by atoms with E-state index in [0.29, 0.717) is 24.2 Å². The number of methoxy groups -OCH3 is 1. The molecule has 0 aliphatic carbocycles. The Morgan fingerprint density at radius 2 is 2.04 bits per heavy atom. The number of allylic oxidation sites excluding steroid dienone is 1. The number of aliphatic hydroxyl groups excluding tert-OH is 2. The fourth-order valence-electron chi connectivity index (χ4n) is 2.17. The maximum absolute atomic E-state index is 11.3. The number of hydrogen-bond donors (Lipinski definition) is 2. The quantitative estimate of drug-likeness (QED) is 0.341. The Morgan fingerprint density at radius 3 is 2.64 bits per heavy atom. The molecular weight excluding hydrogens is 324 g/mol. The smallest absolute Gasteiger partial charge is 0.330 e. The molecule has 0 radical (unpaired) electrons. The Bertz CT molecular complexity index is 537. The van der Waals surface area contributed by atoms with Crippen LogP contribution in [0.1, 0.15) is 24.5 Å². The van der Waals surface area contributed by atoms with E-state index in [-0.39, 0.29) is 19.8 Å². The van der Waals surface area contributed by atoms with Crippen LogP contribution in [-0.4, -0.2) is 49.2 Å². The Kier molecular flexibility index (Phi) is 10.2. The summed E-state index contributed by atoms with van der Waals surface area (Å²) in [6.07, 6.45) is 4.47. The maximum Gasteiger partial charge on any atom is 0.330 e. The molecule has 1 aromatic rings. The molecule has 138 valence electrons. The number of carbonyl (C=O) groups excluding carboxylic acids is 1. The highest BCUT2D eigenvalue weighted by Gasteiger charge is 2.20. The van der Waals surface area contributed by atoms with Crippen molar-refractivity contribution in [3.8, 4) is 5.75 Å². The molecule has 0 aliphatic heterocycles. The largest absolute Gasteiger partial charge is 0.491 e. The standard InChI is InChI=1S/C19H26O6/c1-3-13-25-18(21)7-5-4-6-17(23-2)19(22)15-8-10-16(11-9-15)24-14-12-20/h3,5,7-11,17,19-20,22H,1,4,6,12-14H2,2H3/b7-5+/t17-,19-/m0/s1. The molecule has 0 fully saturated rings. The van der Waals surface area contributed by atoms with Crippen LogP contribution in [0.2, 0.25) is 0 Å². The van der Waals surface area contributed by atoms with Crippen LogP contribution < -0.4 is 4.74 Å². The molecule has 0 amide bonds. The molecule has 0 unspecified atom stereocenters. The Morgan fingerprint density at radius 1 is 1.32 bits per heavy atom. The third-order valence-electron chi connectivity index (χ3n) is 3.45. The molecule has 0 saturated carbocycles. The van der Waals surface area contributed by atoms with Gasteiger partial charge in [-0.25, -0.2) is 4.79 Å². The predicted octanol–water partition coefficient (Wildman–Crippen LogP) is 2.17. The number of benzene rings is 1. The lowest BCUT2D eigenvalue weighted by Gasteiger charge is -2.21. The van der Waals surface area contributed by atoms with Crippen LogP contribution in [0.5, 0.6) is 5.75 Å². The second-order valence-corrected chi connectivity index (χ2v) is 5.26. The molecule has 2 atom stereocenters. The minimum absolute atomic E-state index is 0.0508. The van der Waals surface area contributed by atoms with E-state index in [4.69, 9.17) is 19.3 Å². The third-order valence-corrected chi connectivity index (χ3v) is 3.45. The van der Waals surface area contributed by atoms with Gasteiger partial charge in [-0.2, -0.15) is 0 Å². The van der Waals surface area contributed by atoms with Crippen LogP contribution in [0, 0.1) is 0 Å².